The minimum atomic E-state index is 0.481. The summed E-state index contributed by atoms with van der Waals surface area (Å²) in [5.74, 6) is 1.69. The van der Waals surface area contributed by atoms with E-state index in [2.05, 4.69) is 17.1 Å². The first-order valence-electron chi connectivity index (χ1n) is 7.37. The van der Waals surface area contributed by atoms with E-state index in [-0.39, 0.29) is 0 Å². The maximum absolute atomic E-state index is 5.91. The van der Waals surface area contributed by atoms with Crippen LogP contribution in [0.15, 0.2) is 60.7 Å². The molecule has 0 saturated heterocycles. The number of para-hydroxylation sites is 1. The fraction of sp³-hybridized carbons (Fsp3) is 0.105. The van der Waals surface area contributed by atoms with Gasteiger partial charge in [-0.1, -0.05) is 24.3 Å². The normalized spacial score (nSPS) is 11.0. The predicted octanol–water partition coefficient (Wildman–Crippen LogP) is 5.04. The molecule has 4 heteroatoms. The van der Waals surface area contributed by atoms with Crippen molar-refractivity contribution in [2.75, 3.05) is 7.11 Å². The number of fused-ring (bicyclic) bond motifs is 2. The molecule has 0 fully saturated rings. The molecule has 0 radical (unpaired) electrons. The lowest BCUT2D eigenvalue weighted by Gasteiger charge is -2.07. The van der Waals surface area contributed by atoms with E-state index >= 15 is 0 Å². The Labute approximate surface area is 138 Å². The van der Waals surface area contributed by atoms with Crippen molar-refractivity contribution in [1.82, 2.24) is 4.98 Å². The molecule has 0 aliphatic rings. The Balaban J connectivity index is 1.57. The summed E-state index contributed by atoms with van der Waals surface area (Å²) < 4.78 is 12.4. The highest BCUT2D eigenvalue weighted by molar-refractivity contribution is 7.18. The molecule has 0 unspecified atom stereocenters. The molecule has 0 aliphatic heterocycles. The minimum absolute atomic E-state index is 0.481. The van der Waals surface area contributed by atoms with E-state index in [0.717, 1.165) is 32.8 Å². The first-order valence-corrected chi connectivity index (χ1v) is 8.18. The van der Waals surface area contributed by atoms with Crippen LogP contribution in [0.25, 0.3) is 21.0 Å². The van der Waals surface area contributed by atoms with Crippen molar-refractivity contribution in [2.45, 2.75) is 6.61 Å². The second-order valence-electron chi connectivity index (χ2n) is 5.24. The third-order valence-corrected chi connectivity index (χ3v) is 4.73. The number of thiazole rings is 1. The number of aromatic nitrogens is 1. The summed E-state index contributed by atoms with van der Waals surface area (Å²) in [6.45, 7) is 0.481. The first-order chi connectivity index (χ1) is 11.3. The van der Waals surface area contributed by atoms with Gasteiger partial charge in [0.1, 0.15) is 23.1 Å². The molecule has 4 aromatic rings. The monoisotopic (exact) mass is 321 g/mol. The minimum Gasteiger partial charge on any atom is -0.497 e. The second-order valence-corrected chi connectivity index (χ2v) is 6.35. The van der Waals surface area contributed by atoms with Crippen molar-refractivity contribution < 1.29 is 9.47 Å². The highest BCUT2D eigenvalue weighted by Gasteiger charge is 2.05. The summed E-state index contributed by atoms with van der Waals surface area (Å²) in [5.41, 5.74) is 1.03. The first kappa shape index (κ1) is 14.0. The van der Waals surface area contributed by atoms with E-state index < -0.39 is 0 Å². The topological polar surface area (TPSA) is 31.4 Å². The number of benzene rings is 3. The molecule has 0 aliphatic carbocycles. The second kappa shape index (κ2) is 5.89. The largest absolute Gasteiger partial charge is 0.497 e. The average molecular weight is 321 g/mol. The molecule has 0 saturated carbocycles. The van der Waals surface area contributed by atoms with Crippen molar-refractivity contribution in [3.8, 4) is 11.5 Å². The van der Waals surface area contributed by atoms with Crippen molar-refractivity contribution >= 4 is 32.3 Å². The standard InChI is InChI=1S/C19H15NO2S/c1-21-15-8-6-13-7-9-16(11-14(13)10-15)22-12-19-20-17-4-2-3-5-18(17)23-19/h2-11H,12H2,1H3. The van der Waals surface area contributed by atoms with Crippen LogP contribution in [-0.4, -0.2) is 12.1 Å². The van der Waals surface area contributed by atoms with Crippen molar-refractivity contribution in [3.05, 3.63) is 65.7 Å². The Hall–Kier alpha value is -2.59. The van der Waals surface area contributed by atoms with Gasteiger partial charge in [0, 0.05) is 0 Å². The van der Waals surface area contributed by atoms with Crippen LogP contribution in [0, 0.1) is 0 Å². The lowest BCUT2D eigenvalue weighted by molar-refractivity contribution is 0.306. The third-order valence-electron chi connectivity index (χ3n) is 3.72. The average Bonchev–Trinajstić information content (AvgIpc) is 3.02. The van der Waals surface area contributed by atoms with Crippen LogP contribution in [0.3, 0.4) is 0 Å². The highest BCUT2D eigenvalue weighted by Crippen LogP contribution is 2.27. The summed E-state index contributed by atoms with van der Waals surface area (Å²) in [6, 6.07) is 20.2. The molecule has 0 N–H and O–H groups in total. The van der Waals surface area contributed by atoms with Gasteiger partial charge in [-0.05, 0) is 47.2 Å². The Morgan fingerprint density at radius 3 is 2.52 bits per heavy atom. The zero-order valence-corrected chi connectivity index (χ0v) is 13.5. The molecule has 0 amide bonds. The van der Waals surface area contributed by atoms with Gasteiger partial charge in [0.15, 0.2) is 0 Å². The number of hydrogen-bond donors (Lipinski definition) is 0. The lowest BCUT2D eigenvalue weighted by Crippen LogP contribution is -1.94. The Morgan fingerprint density at radius 1 is 0.913 bits per heavy atom. The molecule has 0 atom stereocenters. The summed E-state index contributed by atoms with van der Waals surface area (Å²) in [7, 11) is 1.68. The number of hydrogen-bond acceptors (Lipinski definition) is 4. The Morgan fingerprint density at radius 2 is 1.70 bits per heavy atom. The SMILES string of the molecule is COc1ccc2ccc(OCc3nc4ccccc4s3)cc2c1. The van der Waals surface area contributed by atoms with Gasteiger partial charge >= 0.3 is 0 Å². The van der Waals surface area contributed by atoms with E-state index in [1.54, 1.807) is 18.4 Å². The van der Waals surface area contributed by atoms with Crippen LogP contribution < -0.4 is 9.47 Å². The van der Waals surface area contributed by atoms with Gasteiger partial charge in [-0.3, -0.25) is 0 Å². The van der Waals surface area contributed by atoms with Gasteiger partial charge in [0.25, 0.3) is 0 Å². The molecule has 1 heterocycles. The number of ether oxygens (including phenoxy) is 2. The maximum atomic E-state index is 5.91. The van der Waals surface area contributed by atoms with Gasteiger partial charge < -0.3 is 9.47 Å². The number of methoxy groups -OCH3 is 1. The Kier molecular flexibility index (Phi) is 3.60. The highest BCUT2D eigenvalue weighted by atomic mass is 32.1. The molecular weight excluding hydrogens is 306 g/mol. The zero-order chi connectivity index (χ0) is 15.6. The summed E-state index contributed by atoms with van der Waals surface area (Å²) >= 11 is 1.67. The number of rotatable bonds is 4. The summed E-state index contributed by atoms with van der Waals surface area (Å²) in [6.07, 6.45) is 0. The van der Waals surface area contributed by atoms with Crippen LogP contribution >= 0.6 is 11.3 Å². The number of nitrogens with zero attached hydrogens (tertiary/aromatic N) is 1. The van der Waals surface area contributed by atoms with E-state index in [1.807, 2.05) is 48.5 Å². The molecule has 0 spiro atoms. The summed E-state index contributed by atoms with van der Waals surface area (Å²) in [4.78, 5) is 4.59. The molecule has 23 heavy (non-hydrogen) atoms. The van der Waals surface area contributed by atoms with Crippen LogP contribution in [-0.2, 0) is 6.61 Å². The van der Waals surface area contributed by atoms with Crippen LogP contribution in [0.4, 0.5) is 0 Å². The van der Waals surface area contributed by atoms with Crippen LogP contribution in [0.5, 0.6) is 11.5 Å². The molecule has 0 bridgehead atoms. The third kappa shape index (κ3) is 2.85. The van der Waals surface area contributed by atoms with Crippen molar-refractivity contribution in [1.29, 1.82) is 0 Å². The predicted molar refractivity (Wildman–Crippen MR) is 94.5 cm³/mol. The molecule has 3 nitrogen and oxygen atoms in total. The van der Waals surface area contributed by atoms with Crippen molar-refractivity contribution in [2.24, 2.45) is 0 Å². The quantitative estimate of drug-likeness (QED) is 0.528. The molecule has 1 aromatic heterocycles. The van der Waals surface area contributed by atoms with E-state index in [1.165, 1.54) is 4.70 Å². The Bertz CT molecular complexity index is 944. The van der Waals surface area contributed by atoms with Crippen LogP contribution in [0.2, 0.25) is 0 Å². The van der Waals surface area contributed by atoms with Crippen LogP contribution in [0.1, 0.15) is 5.01 Å². The van der Waals surface area contributed by atoms with E-state index in [4.69, 9.17) is 9.47 Å². The fourth-order valence-electron chi connectivity index (χ4n) is 2.55. The van der Waals surface area contributed by atoms with Gasteiger partial charge in [-0.2, -0.15) is 0 Å². The molecule has 4 rings (SSSR count). The molecule has 3 aromatic carbocycles. The lowest BCUT2D eigenvalue weighted by atomic mass is 10.1. The maximum Gasteiger partial charge on any atom is 0.140 e. The van der Waals surface area contributed by atoms with Gasteiger partial charge in [-0.15, -0.1) is 11.3 Å². The summed E-state index contributed by atoms with van der Waals surface area (Å²) in [5, 5.41) is 3.25. The zero-order valence-electron chi connectivity index (χ0n) is 12.7. The molecular formula is C19H15NO2S. The van der Waals surface area contributed by atoms with E-state index in [0.29, 0.717) is 6.61 Å². The van der Waals surface area contributed by atoms with Crippen molar-refractivity contribution in [3.63, 3.8) is 0 Å². The fourth-order valence-corrected chi connectivity index (χ4v) is 3.43. The smallest absolute Gasteiger partial charge is 0.140 e. The van der Waals surface area contributed by atoms with Gasteiger partial charge in [-0.25, -0.2) is 4.98 Å². The molecule has 114 valence electrons. The van der Waals surface area contributed by atoms with E-state index in [9.17, 15) is 0 Å². The van der Waals surface area contributed by atoms with Gasteiger partial charge in [0.05, 0.1) is 17.3 Å². The van der Waals surface area contributed by atoms with Gasteiger partial charge in [0.2, 0.25) is 0 Å².